The van der Waals surface area contributed by atoms with Crippen molar-refractivity contribution in [3.63, 3.8) is 0 Å². The fourth-order valence-electron chi connectivity index (χ4n) is 1.24. The molecule has 19 heavy (non-hydrogen) atoms. The van der Waals surface area contributed by atoms with Gasteiger partial charge in [-0.25, -0.2) is 0 Å². The number of amides is 2. The van der Waals surface area contributed by atoms with Gasteiger partial charge in [0.1, 0.15) is 5.40 Å². The van der Waals surface area contributed by atoms with Crippen molar-refractivity contribution in [2.24, 2.45) is 0 Å². The van der Waals surface area contributed by atoms with Crippen LogP contribution in [0.5, 0.6) is 0 Å². The monoisotopic (exact) mass is 277 g/mol. The van der Waals surface area contributed by atoms with Crippen molar-refractivity contribution in [3.8, 4) is 5.40 Å². The Kier molecular flexibility index (Phi) is 5.90. The van der Waals surface area contributed by atoms with Gasteiger partial charge in [0.2, 0.25) is 0 Å². The number of thioether (sulfide) groups is 1. The molecule has 1 atom stereocenters. The highest BCUT2D eigenvalue weighted by atomic mass is 32.2. The van der Waals surface area contributed by atoms with E-state index in [1.54, 1.807) is 24.3 Å². The van der Waals surface area contributed by atoms with Crippen molar-refractivity contribution in [2.75, 3.05) is 5.32 Å². The summed E-state index contributed by atoms with van der Waals surface area (Å²) in [5, 5.41) is 15.5. The van der Waals surface area contributed by atoms with E-state index in [1.165, 1.54) is 0 Å². The molecule has 2 N–H and O–H groups in total. The van der Waals surface area contributed by atoms with Crippen LogP contribution in [0.3, 0.4) is 0 Å². The fraction of sp³-hybridized carbons (Fsp3) is 0.308. The zero-order chi connectivity index (χ0) is 14.3. The van der Waals surface area contributed by atoms with Crippen LogP contribution < -0.4 is 10.6 Å². The molecule has 1 aromatic rings. The lowest BCUT2D eigenvalue weighted by Gasteiger charge is -2.11. The van der Waals surface area contributed by atoms with Crippen LogP contribution in [0, 0.1) is 10.7 Å². The molecule has 0 heterocycles. The minimum absolute atomic E-state index is 0.0346. The number of nitrogens with one attached hydrogen (secondary N) is 2. The van der Waals surface area contributed by atoms with Crippen LogP contribution >= 0.6 is 11.8 Å². The van der Waals surface area contributed by atoms with Gasteiger partial charge in [-0.2, -0.15) is 5.26 Å². The molecule has 0 spiro atoms. The van der Waals surface area contributed by atoms with Gasteiger partial charge in [-0.3, -0.25) is 9.59 Å². The summed E-state index contributed by atoms with van der Waals surface area (Å²) in [7, 11) is 0. The number of nitriles is 1. The molecule has 1 unspecified atom stereocenters. The van der Waals surface area contributed by atoms with Gasteiger partial charge in [0, 0.05) is 16.6 Å². The number of thiocyanates is 1. The van der Waals surface area contributed by atoms with Crippen LogP contribution in [0.1, 0.15) is 20.3 Å². The van der Waals surface area contributed by atoms with Crippen molar-refractivity contribution in [3.05, 3.63) is 24.3 Å². The van der Waals surface area contributed by atoms with Gasteiger partial charge in [-0.05, 0) is 49.4 Å². The standard InChI is InChI=1S/C13H15N3O2S/c1-3-9(2)15-12(17)13(18)16-10-4-6-11(7-5-10)19-8-14/h4-7,9H,3H2,1-2H3,(H,15,17)(H,16,18). The average Bonchev–Trinajstić information content (AvgIpc) is 2.41. The molecule has 0 radical (unpaired) electrons. The number of nitrogens with zero attached hydrogens (tertiary/aromatic N) is 1. The minimum Gasteiger partial charge on any atom is -0.345 e. The molecule has 0 saturated carbocycles. The van der Waals surface area contributed by atoms with Gasteiger partial charge in [0.15, 0.2) is 0 Å². The van der Waals surface area contributed by atoms with E-state index in [1.807, 2.05) is 19.2 Å². The quantitative estimate of drug-likeness (QED) is 0.501. The highest BCUT2D eigenvalue weighted by Gasteiger charge is 2.15. The van der Waals surface area contributed by atoms with Crippen LogP contribution in [0.15, 0.2) is 29.2 Å². The summed E-state index contributed by atoms with van der Waals surface area (Å²) >= 11 is 1.03. The molecule has 0 bridgehead atoms. The number of carbonyl (C=O) groups is 2. The molecule has 2 amide bonds. The summed E-state index contributed by atoms with van der Waals surface area (Å²) in [6.45, 7) is 3.76. The van der Waals surface area contributed by atoms with E-state index in [2.05, 4.69) is 10.6 Å². The predicted molar refractivity (Wildman–Crippen MR) is 74.4 cm³/mol. The first-order valence-corrected chi connectivity index (χ1v) is 6.66. The lowest BCUT2D eigenvalue weighted by molar-refractivity contribution is -0.136. The van der Waals surface area contributed by atoms with Gasteiger partial charge >= 0.3 is 11.8 Å². The maximum atomic E-state index is 11.6. The molecule has 0 aromatic heterocycles. The minimum atomic E-state index is -0.694. The first-order chi connectivity index (χ1) is 9.06. The second-order valence-electron chi connectivity index (χ2n) is 3.95. The fourth-order valence-corrected chi connectivity index (χ4v) is 1.62. The molecule has 6 heteroatoms. The average molecular weight is 277 g/mol. The van der Waals surface area contributed by atoms with Crippen molar-refractivity contribution in [1.82, 2.24) is 5.32 Å². The van der Waals surface area contributed by atoms with Gasteiger partial charge < -0.3 is 10.6 Å². The number of benzene rings is 1. The molecular formula is C13H15N3O2S. The molecule has 0 aliphatic rings. The third-order valence-corrected chi connectivity index (χ3v) is 3.07. The normalized spacial score (nSPS) is 11.2. The third kappa shape index (κ3) is 5.02. The number of carbonyl (C=O) groups excluding carboxylic acids is 2. The van der Waals surface area contributed by atoms with Crippen molar-refractivity contribution >= 4 is 29.3 Å². The summed E-state index contributed by atoms with van der Waals surface area (Å²) in [6, 6.07) is 6.67. The molecule has 0 saturated heterocycles. The number of hydrogen-bond donors (Lipinski definition) is 2. The first kappa shape index (κ1) is 15.1. The highest BCUT2D eigenvalue weighted by molar-refractivity contribution is 8.03. The smallest absolute Gasteiger partial charge is 0.313 e. The largest absolute Gasteiger partial charge is 0.345 e. The lowest BCUT2D eigenvalue weighted by atomic mass is 10.2. The molecule has 0 fully saturated rings. The Morgan fingerprint density at radius 3 is 2.47 bits per heavy atom. The van der Waals surface area contributed by atoms with E-state index in [4.69, 9.17) is 5.26 Å². The SMILES string of the molecule is CCC(C)NC(=O)C(=O)Nc1ccc(SC#N)cc1. The summed E-state index contributed by atoms with van der Waals surface area (Å²) in [5.74, 6) is -1.34. The van der Waals surface area contributed by atoms with Gasteiger partial charge in [0.25, 0.3) is 0 Å². The molecule has 1 rings (SSSR count). The Morgan fingerprint density at radius 2 is 1.95 bits per heavy atom. The Morgan fingerprint density at radius 1 is 1.32 bits per heavy atom. The summed E-state index contributed by atoms with van der Waals surface area (Å²) in [5.41, 5.74) is 0.520. The zero-order valence-corrected chi connectivity index (χ0v) is 11.6. The van der Waals surface area contributed by atoms with Crippen LogP contribution in [0.25, 0.3) is 0 Å². The van der Waals surface area contributed by atoms with E-state index in [0.29, 0.717) is 5.69 Å². The van der Waals surface area contributed by atoms with Crippen molar-refractivity contribution in [2.45, 2.75) is 31.2 Å². The Balaban J connectivity index is 2.57. The van der Waals surface area contributed by atoms with Crippen LogP contribution in [-0.2, 0) is 9.59 Å². The molecular weight excluding hydrogens is 262 g/mol. The maximum absolute atomic E-state index is 11.6. The molecule has 100 valence electrons. The summed E-state index contributed by atoms with van der Waals surface area (Å²) in [6.07, 6.45) is 0.763. The second kappa shape index (κ2) is 7.44. The number of anilines is 1. The van der Waals surface area contributed by atoms with E-state index in [9.17, 15) is 9.59 Å². The van der Waals surface area contributed by atoms with Gasteiger partial charge in [0.05, 0.1) is 0 Å². The van der Waals surface area contributed by atoms with Gasteiger partial charge in [-0.1, -0.05) is 6.92 Å². The molecule has 0 aliphatic heterocycles. The predicted octanol–water partition coefficient (Wildman–Crippen LogP) is 2.11. The van der Waals surface area contributed by atoms with Crippen LogP contribution in [0.2, 0.25) is 0 Å². The van der Waals surface area contributed by atoms with E-state index in [-0.39, 0.29) is 6.04 Å². The van der Waals surface area contributed by atoms with Crippen molar-refractivity contribution < 1.29 is 9.59 Å². The Labute approximate surface area is 116 Å². The summed E-state index contributed by atoms with van der Waals surface area (Å²) in [4.78, 5) is 23.9. The maximum Gasteiger partial charge on any atom is 0.313 e. The van der Waals surface area contributed by atoms with Crippen molar-refractivity contribution in [1.29, 1.82) is 5.26 Å². The first-order valence-electron chi connectivity index (χ1n) is 5.84. The highest BCUT2D eigenvalue weighted by Crippen LogP contribution is 2.18. The van der Waals surface area contributed by atoms with Crippen LogP contribution in [-0.4, -0.2) is 17.9 Å². The number of hydrogen-bond acceptors (Lipinski definition) is 4. The third-order valence-electron chi connectivity index (χ3n) is 2.47. The zero-order valence-electron chi connectivity index (χ0n) is 10.8. The lowest BCUT2D eigenvalue weighted by Crippen LogP contribution is -2.40. The second-order valence-corrected chi connectivity index (χ2v) is 4.81. The van der Waals surface area contributed by atoms with E-state index >= 15 is 0 Å². The topological polar surface area (TPSA) is 82.0 Å². The molecule has 1 aromatic carbocycles. The van der Waals surface area contributed by atoms with E-state index in [0.717, 1.165) is 23.1 Å². The van der Waals surface area contributed by atoms with E-state index < -0.39 is 11.8 Å². The Hall–Kier alpha value is -2.00. The molecule has 0 aliphatic carbocycles. The summed E-state index contributed by atoms with van der Waals surface area (Å²) < 4.78 is 0. The number of rotatable bonds is 4. The Bertz CT molecular complexity index is 494. The van der Waals surface area contributed by atoms with Crippen LogP contribution in [0.4, 0.5) is 5.69 Å². The van der Waals surface area contributed by atoms with Gasteiger partial charge in [-0.15, -0.1) is 0 Å². The molecule has 5 nitrogen and oxygen atoms in total.